The summed E-state index contributed by atoms with van der Waals surface area (Å²) >= 11 is 0. The van der Waals surface area contributed by atoms with E-state index < -0.39 is 11.7 Å². The maximum Gasteiger partial charge on any atom is 0.416 e. The number of benzene rings is 4. The van der Waals surface area contributed by atoms with Crippen LogP contribution in [0.5, 0.6) is 11.5 Å². The van der Waals surface area contributed by atoms with Gasteiger partial charge in [0.2, 0.25) is 0 Å². The molecule has 0 N–H and O–H groups in total. The molecule has 0 unspecified atom stereocenters. The third kappa shape index (κ3) is 3.83. The highest BCUT2D eigenvalue weighted by atomic mass is 19.4. The molecule has 1 heterocycles. The van der Waals surface area contributed by atoms with Crippen molar-refractivity contribution in [1.29, 1.82) is 5.26 Å². The van der Waals surface area contributed by atoms with E-state index in [1.807, 2.05) is 47.0 Å². The Morgan fingerprint density at radius 3 is 1.80 bits per heavy atom. The second-order valence-electron chi connectivity index (χ2n) is 8.02. The Morgan fingerprint density at radius 1 is 0.743 bits per heavy atom. The van der Waals surface area contributed by atoms with Gasteiger partial charge in [0, 0.05) is 16.3 Å². The Kier molecular flexibility index (Phi) is 5.37. The average Bonchev–Trinajstić information content (AvgIpc) is 3.20. The van der Waals surface area contributed by atoms with Crippen LogP contribution in [0, 0.1) is 11.3 Å². The van der Waals surface area contributed by atoms with Gasteiger partial charge >= 0.3 is 6.18 Å². The van der Waals surface area contributed by atoms with Crippen LogP contribution in [-0.4, -0.2) is 18.8 Å². The lowest BCUT2D eigenvalue weighted by Gasteiger charge is -2.15. The quantitative estimate of drug-likeness (QED) is 0.275. The Labute approximate surface area is 199 Å². The van der Waals surface area contributed by atoms with Crippen LogP contribution in [0.2, 0.25) is 0 Å². The molecule has 0 radical (unpaired) electrons. The van der Waals surface area contributed by atoms with Crippen molar-refractivity contribution in [3.63, 3.8) is 0 Å². The number of halogens is 3. The summed E-state index contributed by atoms with van der Waals surface area (Å²) in [4.78, 5) is 0. The molecule has 0 saturated heterocycles. The molecule has 35 heavy (non-hydrogen) atoms. The van der Waals surface area contributed by atoms with Crippen molar-refractivity contribution in [3.05, 3.63) is 90.0 Å². The van der Waals surface area contributed by atoms with Gasteiger partial charge in [0.25, 0.3) is 0 Å². The first kappa shape index (κ1) is 22.4. The standard InChI is InChI=1S/C28H19F3N2O2/c1-34-20-8-11-26-23(14-20)24-15-21(35-2)9-12-27(24)33(26)25-10-3-17(16-32)13-22(25)18-4-6-19(7-5-18)28(29,30)31/h3-15H,1-2H3. The average molecular weight is 472 g/mol. The first-order valence-electron chi connectivity index (χ1n) is 10.7. The molecule has 0 aliphatic heterocycles. The summed E-state index contributed by atoms with van der Waals surface area (Å²) in [5.74, 6) is 1.39. The van der Waals surface area contributed by atoms with Gasteiger partial charge in [-0.2, -0.15) is 18.4 Å². The molecule has 1 aromatic heterocycles. The number of hydrogen-bond donors (Lipinski definition) is 0. The van der Waals surface area contributed by atoms with Crippen molar-refractivity contribution in [3.8, 4) is 34.4 Å². The van der Waals surface area contributed by atoms with E-state index in [-0.39, 0.29) is 0 Å². The molecule has 0 aliphatic rings. The molecule has 0 atom stereocenters. The zero-order valence-corrected chi connectivity index (χ0v) is 18.9. The molecule has 0 fully saturated rings. The molecule has 4 aromatic carbocycles. The van der Waals surface area contributed by atoms with Crippen LogP contribution in [0.1, 0.15) is 11.1 Å². The van der Waals surface area contributed by atoms with E-state index in [9.17, 15) is 18.4 Å². The lowest BCUT2D eigenvalue weighted by Crippen LogP contribution is -2.04. The summed E-state index contributed by atoms with van der Waals surface area (Å²) < 4.78 is 52.4. The van der Waals surface area contributed by atoms with Crippen LogP contribution in [0.4, 0.5) is 13.2 Å². The largest absolute Gasteiger partial charge is 0.497 e. The molecule has 5 aromatic rings. The number of hydrogen-bond acceptors (Lipinski definition) is 3. The number of fused-ring (bicyclic) bond motifs is 3. The van der Waals surface area contributed by atoms with Gasteiger partial charge in [0.1, 0.15) is 11.5 Å². The number of rotatable bonds is 4. The first-order valence-corrected chi connectivity index (χ1v) is 10.7. The minimum atomic E-state index is -4.43. The van der Waals surface area contributed by atoms with Crippen molar-refractivity contribution >= 4 is 21.8 Å². The minimum Gasteiger partial charge on any atom is -0.497 e. The number of nitriles is 1. The molecule has 5 rings (SSSR count). The van der Waals surface area contributed by atoms with E-state index >= 15 is 0 Å². The van der Waals surface area contributed by atoms with Crippen LogP contribution in [0.25, 0.3) is 38.6 Å². The maximum absolute atomic E-state index is 13.1. The van der Waals surface area contributed by atoms with Crippen LogP contribution >= 0.6 is 0 Å². The predicted octanol–water partition coefficient (Wildman–Crippen LogP) is 7.36. The Bertz CT molecular complexity index is 1550. The van der Waals surface area contributed by atoms with Crippen LogP contribution in [-0.2, 0) is 6.18 Å². The molecular weight excluding hydrogens is 453 g/mol. The minimum absolute atomic E-state index is 0.410. The van der Waals surface area contributed by atoms with Crippen molar-refractivity contribution < 1.29 is 22.6 Å². The Morgan fingerprint density at radius 2 is 1.31 bits per heavy atom. The predicted molar refractivity (Wildman–Crippen MR) is 129 cm³/mol. The number of alkyl halides is 3. The normalized spacial score (nSPS) is 11.5. The van der Waals surface area contributed by atoms with Gasteiger partial charge in [0.15, 0.2) is 0 Å². The van der Waals surface area contributed by atoms with E-state index in [2.05, 4.69) is 6.07 Å². The fourth-order valence-electron chi connectivity index (χ4n) is 4.37. The van der Waals surface area contributed by atoms with Gasteiger partial charge in [-0.25, -0.2) is 0 Å². The van der Waals surface area contributed by atoms with E-state index in [1.165, 1.54) is 12.1 Å². The van der Waals surface area contributed by atoms with Crippen LogP contribution < -0.4 is 9.47 Å². The topological polar surface area (TPSA) is 47.2 Å². The van der Waals surface area contributed by atoms with Gasteiger partial charge in [-0.05, 0) is 72.3 Å². The van der Waals surface area contributed by atoms with Crippen molar-refractivity contribution in [1.82, 2.24) is 4.57 Å². The second-order valence-corrected chi connectivity index (χ2v) is 8.02. The lowest BCUT2D eigenvalue weighted by atomic mass is 9.99. The highest BCUT2D eigenvalue weighted by molar-refractivity contribution is 6.10. The highest BCUT2D eigenvalue weighted by Gasteiger charge is 2.30. The Hall–Kier alpha value is -4.44. The summed E-state index contributed by atoms with van der Waals surface area (Å²) in [5.41, 5.74) is 3.39. The number of methoxy groups -OCH3 is 2. The molecule has 0 spiro atoms. The smallest absolute Gasteiger partial charge is 0.416 e. The van der Waals surface area contributed by atoms with Gasteiger partial charge < -0.3 is 14.0 Å². The molecule has 4 nitrogen and oxygen atoms in total. The molecule has 0 amide bonds. The zero-order valence-electron chi connectivity index (χ0n) is 18.9. The van der Waals surface area contributed by atoms with Gasteiger partial charge in [-0.15, -0.1) is 0 Å². The van der Waals surface area contributed by atoms with Gasteiger partial charge in [0.05, 0.1) is 48.1 Å². The number of nitrogens with zero attached hydrogens (tertiary/aromatic N) is 2. The number of aromatic nitrogens is 1. The lowest BCUT2D eigenvalue weighted by molar-refractivity contribution is -0.137. The number of ether oxygens (including phenoxy) is 2. The van der Waals surface area contributed by atoms with E-state index in [0.29, 0.717) is 28.2 Å². The van der Waals surface area contributed by atoms with E-state index in [4.69, 9.17) is 9.47 Å². The molecular formula is C28H19F3N2O2. The molecule has 0 aliphatic carbocycles. The van der Waals surface area contributed by atoms with E-state index in [1.54, 1.807) is 26.4 Å². The maximum atomic E-state index is 13.1. The monoisotopic (exact) mass is 472 g/mol. The summed E-state index contributed by atoms with van der Waals surface area (Å²) in [6, 6.07) is 23.8. The van der Waals surface area contributed by atoms with Crippen LogP contribution in [0.15, 0.2) is 78.9 Å². The first-order chi connectivity index (χ1) is 16.8. The summed E-state index contributed by atoms with van der Waals surface area (Å²) in [6.45, 7) is 0. The van der Waals surface area contributed by atoms with Crippen molar-refractivity contribution in [2.24, 2.45) is 0 Å². The summed E-state index contributed by atoms with van der Waals surface area (Å²) in [5, 5.41) is 11.4. The second kappa shape index (κ2) is 8.41. The van der Waals surface area contributed by atoms with E-state index in [0.717, 1.165) is 39.6 Å². The molecule has 0 saturated carbocycles. The summed E-state index contributed by atoms with van der Waals surface area (Å²) in [6.07, 6.45) is -4.43. The summed E-state index contributed by atoms with van der Waals surface area (Å²) in [7, 11) is 3.20. The molecule has 7 heteroatoms. The van der Waals surface area contributed by atoms with Crippen molar-refractivity contribution in [2.75, 3.05) is 14.2 Å². The highest BCUT2D eigenvalue weighted by Crippen LogP contribution is 2.39. The third-order valence-corrected chi connectivity index (χ3v) is 6.07. The van der Waals surface area contributed by atoms with Crippen molar-refractivity contribution in [2.45, 2.75) is 6.18 Å². The fraction of sp³-hybridized carbons (Fsp3) is 0.107. The molecule has 0 bridgehead atoms. The third-order valence-electron chi connectivity index (χ3n) is 6.07. The molecule has 174 valence electrons. The zero-order chi connectivity index (χ0) is 24.7. The Balaban J connectivity index is 1.82. The van der Waals surface area contributed by atoms with Gasteiger partial charge in [-0.1, -0.05) is 12.1 Å². The van der Waals surface area contributed by atoms with Crippen LogP contribution in [0.3, 0.4) is 0 Å². The SMILES string of the molecule is COc1ccc2c(c1)c1cc(OC)ccc1n2-c1ccc(C#N)cc1-c1ccc(C(F)(F)F)cc1. The fourth-order valence-corrected chi connectivity index (χ4v) is 4.37. The van der Waals surface area contributed by atoms with Gasteiger partial charge in [-0.3, -0.25) is 0 Å².